The van der Waals surface area contributed by atoms with Gasteiger partial charge in [0.15, 0.2) is 0 Å². The minimum absolute atomic E-state index is 0.463. The monoisotopic (exact) mass is 274 g/mol. The summed E-state index contributed by atoms with van der Waals surface area (Å²) >= 11 is 0. The highest BCUT2D eigenvalue weighted by molar-refractivity contribution is 5.41. The highest BCUT2D eigenvalue weighted by Gasteiger charge is 2.27. The molecule has 1 aliphatic heterocycles. The molecule has 1 N–H and O–H groups in total. The van der Waals surface area contributed by atoms with E-state index in [9.17, 15) is 0 Å². The van der Waals surface area contributed by atoms with Crippen LogP contribution in [-0.4, -0.2) is 35.1 Å². The summed E-state index contributed by atoms with van der Waals surface area (Å²) in [6.45, 7) is 6.61. The molecule has 2 aliphatic rings. The minimum Gasteiger partial charge on any atom is -0.352 e. The van der Waals surface area contributed by atoms with Crippen LogP contribution in [0.2, 0.25) is 0 Å². The quantitative estimate of drug-likeness (QED) is 0.896. The Kier molecular flexibility index (Phi) is 4.20. The van der Waals surface area contributed by atoms with Crippen molar-refractivity contribution in [2.45, 2.75) is 64.0 Å². The van der Waals surface area contributed by atoms with Gasteiger partial charge in [0.25, 0.3) is 0 Å². The van der Waals surface area contributed by atoms with Crippen LogP contribution in [0.4, 0.5) is 5.82 Å². The lowest BCUT2D eigenvalue weighted by Gasteiger charge is -2.37. The molecule has 1 saturated heterocycles. The van der Waals surface area contributed by atoms with Crippen LogP contribution in [0.3, 0.4) is 0 Å². The molecule has 0 aromatic carbocycles. The number of piperidine rings is 1. The first-order chi connectivity index (χ1) is 9.74. The van der Waals surface area contributed by atoms with Crippen LogP contribution in [0.5, 0.6) is 0 Å². The number of aromatic nitrogens is 2. The van der Waals surface area contributed by atoms with E-state index in [1.165, 1.54) is 32.1 Å². The van der Waals surface area contributed by atoms with Gasteiger partial charge in [0.1, 0.15) is 12.1 Å². The smallest absolute Gasteiger partial charge is 0.132 e. The normalized spacial score (nSPS) is 23.4. The van der Waals surface area contributed by atoms with Crippen molar-refractivity contribution >= 4 is 5.82 Å². The summed E-state index contributed by atoms with van der Waals surface area (Å²) in [5.74, 6) is 1.58. The molecule has 0 bridgehead atoms. The molecule has 20 heavy (non-hydrogen) atoms. The van der Waals surface area contributed by atoms with Crippen molar-refractivity contribution < 1.29 is 0 Å². The number of nitrogens with one attached hydrogen (secondary N) is 1. The Morgan fingerprint density at radius 1 is 1.25 bits per heavy atom. The molecule has 1 atom stereocenters. The van der Waals surface area contributed by atoms with Gasteiger partial charge in [0, 0.05) is 36.9 Å². The lowest BCUT2D eigenvalue weighted by molar-refractivity contribution is 0.431. The SMILES string of the molecule is CC(C)c1cc(N2CCCCC2CNC2CC2)ncn1. The summed E-state index contributed by atoms with van der Waals surface area (Å²) in [7, 11) is 0. The Labute approximate surface area is 122 Å². The standard InChI is InChI=1S/C16H26N4/c1-12(2)15-9-16(19-11-18-15)20-8-4-3-5-14(20)10-17-13-6-7-13/h9,11-14,17H,3-8,10H2,1-2H3. The van der Waals surface area contributed by atoms with Gasteiger partial charge in [-0.3, -0.25) is 0 Å². The second-order valence-electron chi connectivity index (χ2n) is 6.48. The summed E-state index contributed by atoms with van der Waals surface area (Å²) in [5, 5.41) is 3.68. The third-order valence-corrected chi connectivity index (χ3v) is 4.41. The Balaban J connectivity index is 1.72. The summed E-state index contributed by atoms with van der Waals surface area (Å²) in [5.41, 5.74) is 1.15. The maximum atomic E-state index is 4.53. The number of anilines is 1. The van der Waals surface area contributed by atoms with Crippen LogP contribution in [0.25, 0.3) is 0 Å². The Morgan fingerprint density at radius 2 is 2.10 bits per heavy atom. The highest BCUT2D eigenvalue weighted by atomic mass is 15.2. The van der Waals surface area contributed by atoms with Crippen molar-refractivity contribution in [3.8, 4) is 0 Å². The van der Waals surface area contributed by atoms with Crippen LogP contribution in [0.1, 0.15) is 57.6 Å². The van der Waals surface area contributed by atoms with Crippen molar-refractivity contribution in [3.05, 3.63) is 18.1 Å². The zero-order valence-electron chi connectivity index (χ0n) is 12.7. The van der Waals surface area contributed by atoms with Crippen LogP contribution >= 0.6 is 0 Å². The van der Waals surface area contributed by atoms with Crippen molar-refractivity contribution in [2.24, 2.45) is 0 Å². The first-order valence-corrected chi connectivity index (χ1v) is 8.06. The van der Waals surface area contributed by atoms with Crippen LogP contribution in [0.15, 0.2) is 12.4 Å². The summed E-state index contributed by atoms with van der Waals surface area (Å²) < 4.78 is 0. The molecule has 4 nitrogen and oxygen atoms in total. The molecule has 110 valence electrons. The molecule has 1 aromatic heterocycles. The van der Waals surface area contributed by atoms with Gasteiger partial charge in [-0.25, -0.2) is 9.97 Å². The fourth-order valence-corrected chi connectivity index (χ4v) is 2.94. The third kappa shape index (κ3) is 3.29. The predicted octanol–water partition coefficient (Wildman–Crippen LogP) is 2.71. The topological polar surface area (TPSA) is 41.0 Å². The van der Waals surface area contributed by atoms with E-state index in [2.05, 4.69) is 40.1 Å². The lowest BCUT2D eigenvalue weighted by atomic mass is 10.0. The molecule has 4 heteroatoms. The average molecular weight is 274 g/mol. The van der Waals surface area contributed by atoms with Crippen molar-refractivity contribution in [1.29, 1.82) is 0 Å². The molecule has 1 aliphatic carbocycles. The average Bonchev–Trinajstić information content (AvgIpc) is 3.30. The second kappa shape index (κ2) is 6.08. The van der Waals surface area contributed by atoms with Crippen LogP contribution in [-0.2, 0) is 0 Å². The number of nitrogens with zero attached hydrogens (tertiary/aromatic N) is 3. The fraction of sp³-hybridized carbons (Fsp3) is 0.750. The van der Waals surface area contributed by atoms with E-state index in [-0.39, 0.29) is 0 Å². The molecule has 0 radical (unpaired) electrons. The van der Waals surface area contributed by atoms with Gasteiger partial charge in [-0.15, -0.1) is 0 Å². The maximum absolute atomic E-state index is 4.53. The highest BCUT2D eigenvalue weighted by Crippen LogP contribution is 2.26. The Bertz CT molecular complexity index is 442. The van der Waals surface area contributed by atoms with Gasteiger partial charge in [-0.1, -0.05) is 13.8 Å². The number of hydrogen-bond acceptors (Lipinski definition) is 4. The summed E-state index contributed by atoms with van der Waals surface area (Å²) in [4.78, 5) is 11.4. The second-order valence-corrected chi connectivity index (χ2v) is 6.48. The fourth-order valence-electron chi connectivity index (χ4n) is 2.94. The van der Waals surface area contributed by atoms with E-state index in [0.717, 1.165) is 30.6 Å². The van der Waals surface area contributed by atoms with E-state index < -0.39 is 0 Å². The van der Waals surface area contributed by atoms with Crippen molar-refractivity contribution in [3.63, 3.8) is 0 Å². The molecule has 2 heterocycles. The molecular weight excluding hydrogens is 248 g/mol. The van der Waals surface area contributed by atoms with E-state index >= 15 is 0 Å². The van der Waals surface area contributed by atoms with Gasteiger partial charge < -0.3 is 10.2 Å². The van der Waals surface area contributed by atoms with Gasteiger partial charge in [0.2, 0.25) is 0 Å². The van der Waals surface area contributed by atoms with E-state index in [0.29, 0.717) is 12.0 Å². The molecule has 0 spiro atoms. The summed E-state index contributed by atoms with van der Waals surface area (Å²) in [6.07, 6.45) is 8.34. The first kappa shape index (κ1) is 13.8. The number of hydrogen-bond donors (Lipinski definition) is 1. The molecular formula is C16H26N4. The van der Waals surface area contributed by atoms with Gasteiger partial charge in [-0.05, 0) is 38.0 Å². The zero-order valence-corrected chi connectivity index (χ0v) is 12.7. The van der Waals surface area contributed by atoms with Gasteiger partial charge in [-0.2, -0.15) is 0 Å². The Morgan fingerprint density at radius 3 is 2.85 bits per heavy atom. The molecule has 1 unspecified atom stereocenters. The van der Waals surface area contributed by atoms with E-state index in [4.69, 9.17) is 0 Å². The molecule has 3 rings (SSSR count). The van der Waals surface area contributed by atoms with Gasteiger partial charge in [0.05, 0.1) is 0 Å². The number of rotatable bonds is 5. The zero-order chi connectivity index (χ0) is 13.9. The molecule has 1 saturated carbocycles. The largest absolute Gasteiger partial charge is 0.352 e. The maximum Gasteiger partial charge on any atom is 0.132 e. The molecule has 0 amide bonds. The Hall–Kier alpha value is -1.16. The molecule has 1 aromatic rings. The molecule has 2 fully saturated rings. The predicted molar refractivity (Wildman–Crippen MR) is 82.1 cm³/mol. The van der Waals surface area contributed by atoms with E-state index in [1.807, 2.05) is 0 Å². The summed E-state index contributed by atoms with van der Waals surface area (Å²) in [6, 6.07) is 3.56. The van der Waals surface area contributed by atoms with Crippen molar-refractivity contribution in [1.82, 2.24) is 15.3 Å². The van der Waals surface area contributed by atoms with E-state index in [1.54, 1.807) is 6.33 Å². The first-order valence-electron chi connectivity index (χ1n) is 8.06. The van der Waals surface area contributed by atoms with Crippen LogP contribution < -0.4 is 10.2 Å². The van der Waals surface area contributed by atoms with Crippen LogP contribution in [0, 0.1) is 0 Å². The third-order valence-electron chi connectivity index (χ3n) is 4.41. The van der Waals surface area contributed by atoms with Gasteiger partial charge >= 0.3 is 0 Å². The van der Waals surface area contributed by atoms with Crippen molar-refractivity contribution in [2.75, 3.05) is 18.0 Å². The minimum atomic E-state index is 0.463. The lowest BCUT2D eigenvalue weighted by Crippen LogP contribution is -2.46.